The van der Waals surface area contributed by atoms with Gasteiger partial charge in [-0.1, -0.05) is 51.1 Å². The van der Waals surface area contributed by atoms with Crippen LogP contribution in [0.25, 0.3) is 0 Å². The molecule has 0 spiro atoms. The van der Waals surface area contributed by atoms with Gasteiger partial charge in [0.15, 0.2) is 0 Å². The molecule has 1 aliphatic carbocycles. The third kappa shape index (κ3) is 2.85. The zero-order valence-corrected chi connectivity index (χ0v) is 15.6. The van der Waals surface area contributed by atoms with E-state index >= 15 is 0 Å². The minimum Gasteiger partial charge on any atom is -0.377 e. The van der Waals surface area contributed by atoms with E-state index in [2.05, 4.69) is 38.2 Å². The zero-order valence-electron chi connectivity index (χ0n) is 14.7. The average Bonchev–Trinajstić information content (AvgIpc) is 2.59. The van der Waals surface area contributed by atoms with Crippen LogP contribution >= 0.6 is 12.4 Å². The van der Waals surface area contributed by atoms with Crippen molar-refractivity contribution in [2.45, 2.75) is 51.2 Å². The third-order valence-corrected chi connectivity index (χ3v) is 6.00. The predicted molar refractivity (Wildman–Crippen MR) is 98.3 cm³/mol. The number of ether oxygens (including phenoxy) is 1. The summed E-state index contributed by atoms with van der Waals surface area (Å²) in [5.74, 6) is 0.376. The van der Waals surface area contributed by atoms with E-state index in [0.29, 0.717) is 6.54 Å². The monoisotopic (exact) mass is 352 g/mol. The Labute approximate surface area is 150 Å². The number of nitrogens with two attached hydrogens (primary N) is 1. The first-order valence-corrected chi connectivity index (χ1v) is 8.62. The van der Waals surface area contributed by atoms with E-state index in [4.69, 9.17) is 10.5 Å². The molecule has 0 radical (unpaired) electrons. The summed E-state index contributed by atoms with van der Waals surface area (Å²) in [5.41, 5.74) is 6.69. The summed E-state index contributed by atoms with van der Waals surface area (Å²) in [4.78, 5) is 12.9. The molecule has 1 saturated carbocycles. The fourth-order valence-corrected chi connectivity index (χ4v) is 4.33. The van der Waals surface area contributed by atoms with Crippen LogP contribution in [0.5, 0.6) is 0 Å². The SMILES string of the molecule is CC(CNC(=O)C1(N)C2CCCOC2C1(C)C)c1ccccc1.Cl. The van der Waals surface area contributed by atoms with E-state index in [1.807, 2.05) is 18.2 Å². The number of halogens is 1. The molecule has 1 aliphatic heterocycles. The molecule has 1 saturated heterocycles. The zero-order chi connectivity index (χ0) is 16.7. The maximum Gasteiger partial charge on any atom is 0.241 e. The number of amides is 1. The minimum absolute atomic E-state index is 0. The first kappa shape index (κ1) is 19.2. The standard InChI is InChI=1S/C19H28N2O2.ClH/c1-13(14-8-5-4-6-9-14)12-21-17(22)19(20)15-10-7-11-23-16(15)18(19,2)3;/h4-6,8-9,13,15-16H,7,10-12,20H2,1-3H3,(H,21,22);1H. The lowest BCUT2D eigenvalue weighted by Gasteiger charge is -2.65. The minimum atomic E-state index is -0.825. The largest absolute Gasteiger partial charge is 0.377 e. The Kier molecular flexibility index (Phi) is 5.63. The number of rotatable bonds is 4. The molecule has 0 aromatic heterocycles. The van der Waals surface area contributed by atoms with Gasteiger partial charge < -0.3 is 15.8 Å². The van der Waals surface area contributed by atoms with Crippen LogP contribution in [0.15, 0.2) is 30.3 Å². The van der Waals surface area contributed by atoms with Gasteiger partial charge in [0.1, 0.15) is 5.54 Å². The van der Waals surface area contributed by atoms with E-state index in [0.717, 1.165) is 19.4 Å². The molecule has 4 nitrogen and oxygen atoms in total. The van der Waals surface area contributed by atoms with Crippen molar-refractivity contribution < 1.29 is 9.53 Å². The second-order valence-corrected chi connectivity index (χ2v) is 7.65. The average molecular weight is 353 g/mol. The highest BCUT2D eigenvalue weighted by molar-refractivity contribution is 5.89. The van der Waals surface area contributed by atoms with Crippen LogP contribution in [0.2, 0.25) is 0 Å². The van der Waals surface area contributed by atoms with Gasteiger partial charge in [-0.15, -0.1) is 12.4 Å². The van der Waals surface area contributed by atoms with Gasteiger partial charge in [0.25, 0.3) is 0 Å². The second kappa shape index (κ2) is 7.03. The van der Waals surface area contributed by atoms with E-state index in [1.54, 1.807) is 0 Å². The van der Waals surface area contributed by atoms with E-state index in [9.17, 15) is 4.79 Å². The number of benzene rings is 1. The van der Waals surface area contributed by atoms with Crippen molar-refractivity contribution in [3.63, 3.8) is 0 Å². The Morgan fingerprint density at radius 3 is 2.71 bits per heavy atom. The van der Waals surface area contributed by atoms with Gasteiger partial charge in [-0.2, -0.15) is 0 Å². The van der Waals surface area contributed by atoms with Crippen molar-refractivity contribution in [2.75, 3.05) is 13.2 Å². The third-order valence-electron chi connectivity index (χ3n) is 6.00. The first-order chi connectivity index (χ1) is 10.9. The van der Waals surface area contributed by atoms with Crippen LogP contribution in [0.4, 0.5) is 0 Å². The second-order valence-electron chi connectivity index (χ2n) is 7.65. The molecule has 4 unspecified atom stereocenters. The summed E-state index contributed by atoms with van der Waals surface area (Å²) in [5, 5.41) is 3.09. The van der Waals surface area contributed by atoms with Gasteiger partial charge in [-0.3, -0.25) is 4.79 Å². The highest BCUT2D eigenvalue weighted by atomic mass is 35.5. The summed E-state index contributed by atoms with van der Waals surface area (Å²) in [7, 11) is 0. The van der Waals surface area contributed by atoms with Gasteiger partial charge in [0.2, 0.25) is 5.91 Å². The number of hydrogen-bond donors (Lipinski definition) is 2. The van der Waals surface area contributed by atoms with Gasteiger partial charge in [0, 0.05) is 24.5 Å². The van der Waals surface area contributed by atoms with Crippen LogP contribution in [0.1, 0.15) is 45.1 Å². The Bertz CT molecular complexity index is 578. The number of fused-ring (bicyclic) bond motifs is 1. The Balaban J connectivity index is 0.00000208. The van der Waals surface area contributed by atoms with Crippen LogP contribution in [-0.4, -0.2) is 30.7 Å². The lowest BCUT2D eigenvalue weighted by Crippen LogP contribution is -2.82. The molecule has 0 bridgehead atoms. The highest BCUT2D eigenvalue weighted by Crippen LogP contribution is 2.57. The molecule has 2 aliphatic rings. The van der Waals surface area contributed by atoms with E-state index in [1.165, 1.54) is 5.56 Å². The molecule has 24 heavy (non-hydrogen) atoms. The molecule has 3 N–H and O–H groups in total. The maximum absolute atomic E-state index is 12.9. The van der Waals surface area contributed by atoms with Gasteiger partial charge >= 0.3 is 0 Å². The maximum atomic E-state index is 12.9. The number of carbonyl (C=O) groups is 1. The fraction of sp³-hybridized carbons (Fsp3) is 0.632. The molecule has 4 atom stereocenters. The van der Waals surface area contributed by atoms with Crippen molar-refractivity contribution in [2.24, 2.45) is 17.1 Å². The summed E-state index contributed by atoms with van der Waals surface area (Å²) >= 11 is 0. The highest BCUT2D eigenvalue weighted by Gasteiger charge is 2.70. The first-order valence-electron chi connectivity index (χ1n) is 8.62. The Morgan fingerprint density at radius 1 is 1.38 bits per heavy atom. The van der Waals surface area contributed by atoms with Crippen molar-refractivity contribution >= 4 is 18.3 Å². The molecule has 1 heterocycles. The van der Waals surface area contributed by atoms with Gasteiger partial charge in [0.05, 0.1) is 6.10 Å². The molecule has 3 rings (SSSR count). The topological polar surface area (TPSA) is 64.4 Å². The number of nitrogens with one attached hydrogen (secondary N) is 1. The number of carbonyl (C=O) groups excluding carboxylic acids is 1. The normalized spacial score (nSPS) is 31.8. The molecule has 1 aromatic rings. The lowest BCUT2D eigenvalue weighted by molar-refractivity contribution is -0.225. The Morgan fingerprint density at radius 2 is 2.04 bits per heavy atom. The summed E-state index contributed by atoms with van der Waals surface area (Å²) in [6.45, 7) is 7.63. The van der Waals surface area contributed by atoms with Gasteiger partial charge in [-0.05, 0) is 24.3 Å². The van der Waals surface area contributed by atoms with E-state index < -0.39 is 5.54 Å². The van der Waals surface area contributed by atoms with Crippen LogP contribution in [0.3, 0.4) is 0 Å². The van der Waals surface area contributed by atoms with Gasteiger partial charge in [-0.25, -0.2) is 0 Å². The van der Waals surface area contributed by atoms with Crippen LogP contribution in [-0.2, 0) is 9.53 Å². The van der Waals surface area contributed by atoms with Crippen molar-refractivity contribution in [3.05, 3.63) is 35.9 Å². The van der Waals surface area contributed by atoms with Crippen molar-refractivity contribution in [1.82, 2.24) is 5.32 Å². The molecule has 5 heteroatoms. The number of hydrogen-bond acceptors (Lipinski definition) is 3. The van der Waals surface area contributed by atoms with Crippen molar-refractivity contribution in [3.8, 4) is 0 Å². The van der Waals surface area contributed by atoms with Crippen LogP contribution in [0, 0.1) is 11.3 Å². The molecular formula is C19H29ClN2O2. The lowest BCUT2D eigenvalue weighted by atomic mass is 9.46. The molecular weight excluding hydrogens is 324 g/mol. The molecule has 1 aromatic carbocycles. The summed E-state index contributed by atoms with van der Waals surface area (Å²) in [6.07, 6.45) is 2.08. The summed E-state index contributed by atoms with van der Waals surface area (Å²) < 4.78 is 5.87. The fourth-order valence-electron chi connectivity index (χ4n) is 4.33. The predicted octanol–water partition coefficient (Wildman–Crippen LogP) is 2.86. The van der Waals surface area contributed by atoms with E-state index in [-0.39, 0.29) is 41.7 Å². The van der Waals surface area contributed by atoms with Crippen LogP contribution < -0.4 is 11.1 Å². The molecule has 134 valence electrons. The Hall–Kier alpha value is -1.10. The quantitative estimate of drug-likeness (QED) is 0.875. The molecule has 2 fully saturated rings. The summed E-state index contributed by atoms with van der Waals surface area (Å²) in [6, 6.07) is 10.2. The smallest absolute Gasteiger partial charge is 0.241 e. The molecule has 1 amide bonds. The van der Waals surface area contributed by atoms with Crippen molar-refractivity contribution in [1.29, 1.82) is 0 Å².